The summed E-state index contributed by atoms with van der Waals surface area (Å²) in [4.78, 5) is 40.3. The van der Waals surface area contributed by atoms with Crippen molar-refractivity contribution in [3.63, 3.8) is 0 Å². The van der Waals surface area contributed by atoms with Gasteiger partial charge in [-0.05, 0) is 30.2 Å². The van der Waals surface area contributed by atoms with Crippen LogP contribution < -0.4 is 20.1 Å². The maximum atomic E-state index is 13.1. The van der Waals surface area contributed by atoms with E-state index in [9.17, 15) is 14.4 Å². The number of hydrogen-bond donors (Lipinski definition) is 2. The molecule has 10 nitrogen and oxygen atoms in total. The zero-order valence-corrected chi connectivity index (χ0v) is 19.4. The first-order chi connectivity index (χ1) is 16.8. The summed E-state index contributed by atoms with van der Waals surface area (Å²) >= 11 is 0. The first-order valence-corrected chi connectivity index (χ1v) is 11.2. The average Bonchev–Trinajstić information content (AvgIpc) is 3.52. The Bertz CT molecular complexity index is 1300. The molecule has 5 rings (SSSR count). The zero-order valence-electron chi connectivity index (χ0n) is 19.4. The number of ether oxygens (including phenoxy) is 2. The van der Waals surface area contributed by atoms with Gasteiger partial charge in [-0.2, -0.15) is 5.10 Å². The maximum absolute atomic E-state index is 13.1. The van der Waals surface area contributed by atoms with Crippen molar-refractivity contribution in [2.45, 2.75) is 32.1 Å². The van der Waals surface area contributed by atoms with E-state index >= 15 is 0 Å². The predicted octanol–water partition coefficient (Wildman–Crippen LogP) is 1.70. The Morgan fingerprint density at radius 3 is 2.54 bits per heavy atom. The molecular formula is C25H25N5O5. The van der Waals surface area contributed by atoms with Crippen molar-refractivity contribution in [1.82, 2.24) is 25.3 Å². The minimum Gasteiger partial charge on any atom is -0.454 e. The van der Waals surface area contributed by atoms with E-state index in [-0.39, 0.29) is 43.1 Å². The van der Waals surface area contributed by atoms with Crippen LogP contribution in [-0.2, 0) is 24.4 Å². The van der Waals surface area contributed by atoms with Crippen LogP contribution in [0.1, 0.15) is 39.0 Å². The van der Waals surface area contributed by atoms with Gasteiger partial charge in [0.25, 0.3) is 11.8 Å². The minimum absolute atomic E-state index is 0.108. The van der Waals surface area contributed by atoms with E-state index in [1.165, 1.54) is 15.6 Å². The summed E-state index contributed by atoms with van der Waals surface area (Å²) in [6.07, 6.45) is 0. The van der Waals surface area contributed by atoms with Crippen LogP contribution in [-0.4, -0.2) is 51.8 Å². The third-order valence-corrected chi connectivity index (χ3v) is 6.41. The van der Waals surface area contributed by atoms with Crippen molar-refractivity contribution in [2.75, 3.05) is 13.8 Å². The van der Waals surface area contributed by atoms with Gasteiger partial charge in [-0.1, -0.05) is 36.4 Å². The molecule has 3 aromatic rings. The van der Waals surface area contributed by atoms with Gasteiger partial charge >= 0.3 is 0 Å². The molecule has 0 spiro atoms. The van der Waals surface area contributed by atoms with Crippen molar-refractivity contribution >= 4 is 17.7 Å². The molecule has 2 N–H and O–H groups in total. The lowest BCUT2D eigenvalue weighted by Gasteiger charge is -2.40. The molecule has 180 valence electrons. The van der Waals surface area contributed by atoms with E-state index in [0.717, 1.165) is 11.1 Å². The molecule has 1 atom stereocenters. The number of amides is 3. The van der Waals surface area contributed by atoms with Crippen molar-refractivity contribution < 1.29 is 23.9 Å². The molecule has 10 heteroatoms. The number of carbonyl (C=O) groups excluding carboxylic acids is 3. The summed E-state index contributed by atoms with van der Waals surface area (Å²) < 4.78 is 12.1. The maximum Gasteiger partial charge on any atom is 0.272 e. The number of nitrogens with zero attached hydrogens (tertiary/aromatic N) is 3. The van der Waals surface area contributed by atoms with Crippen molar-refractivity contribution in [3.05, 3.63) is 77.1 Å². The molecule has 0 bridgehead atoms. The van der Waals surface area contributed by atoms with Gasteiger partial charge in [-0.25, -0.2) is 0 Å². The van der Waals surface area contributed by atoms with Crippen LogP contribution in [0.15, 0.2) is 54.6 Å². The number of hydrogen-bond acceptors (Lipinski definition) is 6. The van der Waals surface area contributed by atoms with Crippen LogP contribution in [0, 0.1) is 0 Å². The van der Waals surface area contributed by atoms with E-state index in [1.807, 2.05) is 36.4 Å². The molecule has 0 fully saturated rings. The SMILES string of the molecule is CN1C(=O)c2cc(C(=O)NCc3ccc4c(c3)OCO4)nn2C[C@]1(C)C(=O)NCc1ccccc1. The first-order valence-electron chi connectivity index (χ1n) is 11.2. The van der Waals surface area contributed by atoms with E-state index in [4.69, 9.17) is 9.47 Å². The second-order valence-electron chi connectivity index (χ2n) is 8.75. The molecule has 0 radical (unpaired) electrons. The molecule has 0 aliphatic carbocycles. The normalized spacial score (nSPS) is 18.2. The van der Waals surface area contributed by atoms with Gasteiger partial charge in [0, 0.05) is 26.2 Å². The number of nitrogens with one attached hydrogen (secondary N) is 2. The molecule has 0 saturated carbocycles. The highest BCUT2D eigenvalue weighted by molar-refractivity contribution is 6.01. The number of likely N-dealkylation sites (N-methyl/N-ethyl adjacent to an activating group) is 1. The minimum atomic E-state index is -1.16. The Kier molecular flexibility index (Phi) is 5.64. The zero-order chi connectivity index (χ0) is 24.6. The van der Waals surface area contributed by atoms with Crippen LogP contribution in [0.25, 0.3) is 0 Å². The number of fused-ring (bicyclic) bond motifs is 2. The number of rotatable bonds is 6. The molecule has 0 saturated heterocycles. The summed E-state index contributed by atoms with van der Waals surface area (Å²) in [6.45, 7) is 2.59. The molecule has 0 unspecified atom stereocenters. The highest BCUT2D eigenvalue weighted by Gasteiger charge is 2.46. The highest BCUT2D eigenvalue weighted by Crippen LogP contribution is 2.32. The monoisotopic (exact) mass is 475 g/mol. The summed E-state index contributed by atoms with van der Waals surface area (Å²) in [5.41, 5.74) is 0.997. The number of carbonyl (C=O) groups is 3. The van der Waals surface area contributed by atoms with Gasteiger partial charge in [-0.15, -0.1) is 0 Å². The lowest BCUT2D eigenvalue weighted by atomic mass is 9.96. The fourth-order valence-corrected chi connectivity index (χ4v) is 4.13. The molecule has 35 heavy (non-hydrogen) atoms. The van der Waals surface area contributed by atoms with E-state index in [0.29, 0.717) is 18.0 Å². The number of aromatic nitrogens is 2. The van der Waals surface area contributed by atoms with E-state index in [1.54, 1.807) is 26.1 Å². The van der Waals surface area contributed by atoms with E-state index in [2.05, 4.69) is 15.7 Å². The van der Waals surface area contributed by atoms with Crippen molar-refractivity contribution in [2.24, 2.45) is 0 Å². The van der Waals surface area contributed by atoms with E-state index < -0.39 is 11.4 Å². The summed E-state index contributed by atoms with van der Waals surface area (Å²) in [5, 5.41) is 10.0. The summed E-state index contributed by atoms with van der Waals surface area (Å²) in [5.74, 6) is 0.200. The van der Waals surface area contributed by atoms with Gasteiger partial charge in [0.05, 0.1) is 6.54 Å². The molecule has 2 aliphatic rings. The van der Waals surface area contributed by atoms with Gasteiger partial charge in [0.1, 0.15) is 11.2 Å². The third kappa shape index (κ3) is 4.18. The Morgan fingerprint density at radius 2 is 1.74 bits per heavy atom. The van der Waals surface area contributed by atoms with Gasteiger partial charge < -0.3 is 25.0 Å². The quantitative estimate of drug-likeness (QED) is 0.561. The smallest absolute Gasteiger partial charge is 0.272 e. The first kappa shape index (κ1) is 22.5. The average molecular weight is 476 g/mol. The third-order valence-electron chi connectivity index (χ3n) is 6.41. The fraction of sp³-hybridized carbons (Fsp3) is 0.280. The number of benzene rings is 2. The van der Waals surface area contributed by atoms with Crippen LogP contribution in [0.5, 0.6) is 11.5 Å². The van der Waals surface area contributed by atoms with Gasteiger partial charge in [0.2, 0.25) is 12.7 Å². The van der Waals surface area contributed by atoms with Crippen LogP contribution in [0.3, 0.4) is 0 Å². The van der Waals surface area contributed by atoms with Crippen molar-refractivity contribution in [3.8, 4) is 11.5 Å². The largest absolute Gasteiger partial charge is 0.454 e. The molecule has 3 heterocycles. The lowest BCUT2D eigenvalue weighted by molar-refractivity contribution is -0.132. The molecule has 3 amide bonds. The van der Waals surface area contributed by atoms with Crippen LogP contribution in [0.2, 0.25) is 0 Å². The van der Waals surface area contributed by atoms with Crippen LogP contribution >= 0.6 is 0 Å². The fourth-order valence-electron chi connectivity index (χ4n) is 4.13. The second-order valence-corrected chi connectivity index (χ2v) is 8.75. The van der Waals surface area contributed by atoms with Crippen LogP contribution in [0.4, 0.5) is 0 Å². The Morgan fingerprint density at radius 1 is 1.00 bits per heavy atom. The Balaban J connectivity index is 1.27. The molecule has 2 aromatic carbocycles. The molecule has 1 aromatic heterocycles. The summed E-state index contributed by atoms with van der Waals surface area (Å²) in [7, 11) is 1.58. The summed E-state index contributed by atoms with van der Waals surface area (Å²) in [6, 6.07) is 16.4. The van der Waals surface area contributed by atoms with Gasteiger partial charge in [0.15, 0.2) is 17.2 Å². The second kappa shape index (κ2) is 8.79. The van der Waals surface area contributed by atoms with Crippen molar-refractivity contribution in [1.29, 1.82) is 0 Å². The Labute approximate surface area is 201 Å². The molecular weight excluding hydrogens is 450 g/mol. The standard InChI is InChI=1S/C25H25N5O5/c1-25(24(33)27-12-16-6-4-3-5-7-16)14-30-19(23(32)29(25)2)11-18(28-30)22(31)26-13-17-8-9-20-21(10-17)35-15-34-20/h3-11H,12-15H2,1-2H3,(H,26,31)(H,27,33)/t25-/m1/s1. The van der Waals surface area contributed by atoms with Gasteiger partial charge in [-0.3, -0.25) is 19.1 Å². The topological polar surface area (TPSA) is 115 Å². The molecule has 2 aliphatic heterocycles. The highest BCUT2D eigenvalue weighted by atomic mass is 16.7. The predicted molar refractivity (Wildman–Crippen MR) is 125 cm³/mol. The Hall–Kier alpha value is -4.34. The lowest BCUT2D eigenvalue weighted by Crippen LogP contribution is -2.62.